The van der Waals surface area contributed by atoms with Crippen molar-refractivity contribution < 1.29 is 26.3 Å². The molecule has 0 spiro atoms. The first kappa shape index (κ1) is 8.93. The first-order valence-corrected chi connectivity index (χ1v) is 2.36. The van der Waals surface area contributed by atoms with Crippen LogP contribution in [0.5, 0.6) is 0 Å². The normalized spacial score (nSPS) is 14.0. The second-order valence-electron chi connectivity index (χ2n) is 0.994. The lowest BCUT2D eigenvalue weighted by molar-refractivity contribution is -0.0696. The van der Waals surface area contributed by atoms with Crippen LogP contribution in [0.4, 0.5) is 26.3 Å². The molecule has 0 aliphatic heterocycles. The fourth-order valence-electron chi connectivity index (χ4n) is 0.131. The Bertz CT molecular complexity index is 76.2. The van der Waals surface area contributed by atoms with Crippen LogP contribution in [0, 0.1) is 0 Å². The van der Waals surface area contributed by atoms with E-state index in [9.17, 15) is 26.3 Å². The molecule has 0 unspecified atom stereocenters. The van der Waals surface area contributed by atoms with Gasteiger partial charge >= 0.3 is 11.0 Å². The average Bonchev–Trinajstić information content (AvgIpc) is 1.14. The van der Waals surface area contributed by atoms with E-state index < -0.39 is 22.8 Å². The van der Waals surface area contributed by atoms with E-state index in [0.29, 0.717) is 0 Å². The first-order chi connectivity index (χ1) is 3.71. The summed E-state index contributed by atoms with van der Waals surface area (Å²) in [7, 11) is 0. The van der Waals surface area contributed by atoms with E-state index in [2.05, 4.69) is 0 Å². The van der Waals surface area contributed by atoms with Crippen molar-refractivity contribution in [3.05, 3.63) is 0 Å². The van der Waals surface area contributed by atoms with Crippen LogP contribution < -0.4 is 0 Å². The second kappa shape index (κ2) is 2.28. The van der Waals surface area contributed by atoms with Gasteiger partial charge in [-0.3, -0.25) is 0 Å². The third kappa shape index (κ3) is 7.93. The minimum Gasteiger partial charge on any atom is -0.160 e. The molecule has 0 bridgehead atoms. The van der Waals surface area contributed by atoms with Crippen LogP contribution in [-0.4, -0.2) is 11.0 Å². The Kier molecular flexibility index (Phi) is 2.26. The lowest BCUT2D eigenvalue weighted by Crippen LogP contribution is -2.11. The maximum atomic E-state index is 10.8. The van der Waals surface area contributed by atoms with Crippen LogP contribution in [0.15, 0.2) is 0 Å². The summed E-state index contributed by atoms with van der Waals surface area (Å²) in [5.41, 5.74) is -10.4. The predicted molar refractivity (Wildman–Crippen MR) is 19.7 cm³/mol. The van der Waals surface area contributed by atoms with Gasteiger partial charge in [-0.1, -0.05) is 0 Å². The third-order valence-electron chi connectivity index (χ3n) is 0.231. The number of thioether (sulfide) groups is 1. The maximum absolute atomic E-state index is 10.8. The highest BCUT2D eigenvalue weighted by molar-refractivity contribution is 8.00. The summed E-state index contributed by atoms with van der Waals surface area (Å²) in [6.07, 6.45) is 0. The summed E-state index contributed by atoms with van der Waals surface area (Å²) < 4.78 is 64.8. The molecule has 0 nitrogen and oxygen atoms in total. The molecule has 0 aromatic heterocycles. The first-order valence-electron chi connectivity index (χ1n) is 1.54. The lowest BCUT2D eigenvalue weighted by Gasteiger charge is -2.06. The molecule has 0 heterocycles. The van der Waals surface area contributed by atoms with Gasteiger partial charge in [0.15, 0.2) is 0 Å². The fraction of sp³-hybridized carbons (Fsp3) is 1.00. The fourth-order valence-corrected chi connectivity index (χ4v) is 0.394. The minimum atomic E-state index is -5.22. The highest BCUT2D eigenvalue weighted by Crippen LogP contribution is 2.43. The van der Waals surface area contributed by atoms with Gasteiger partial charge in [0.2, 0.25) is 0 Å². The van der Waals surface area contributed by atoms with Crippen molar-refractivity contribution in [2.45, 2.75) is 11.0 Å². The van der Waals surface area contributed by atoms with Crippen LogP contribution >= 0.6 is 11.8 Å². The van der Waals surface area contributed by atoms with Gasteiger partial charge in [-0.15, -0.1) is 0 Å². The molecule has 7 heteroatoms. The van der Waals surface area contributed by atoms with Crippen molar-refractivity contribution in [1.82, 2.24) is 0 Å². The number of hydrogen-bond donors (Lipinski definition) is 0. The molecule has 0 aromatic carbocycles. The number of halogens is 6. The van der Waals surface area contributed by atoms with Crippen molar-refractivity contribution in [2.24, 2.45) is 0 Å². The molecular formula is C2F6S. The molecule has 0 saturated heterocycles. The van der Waals surface area contributed by atoms with E-state index in [1.54, 1.807) is 0 Å². The van der Waals surface area contributed by atoms with E-state index in [1.165, 1.54) is 0 Å². The molecule has 0 aliphatic carbocycles. The Labute approximate surface area is 50.2 Å². The van der Waals surface area contributed by atoms with Crippen molar-refractivity contribution >= 4 is 11.8 Å². The third-order valence-corrected chi connectivity index (χ3v) is 0.694. The van der Waals surface area contributed by atoms with E-state index in [0.717, 1.165) is 0 Å². The van der Waals surface area contributed by atoms with Gasteiger partial charge in [0.1, 0.15) is 0 Å². The molecule has 56 valence electrons. The molecule has 0 saturated carbocycles. The van der Waals surface area contributed by atoms with Gasteiger partial charge in [0.05, 0.1) is 11.8 Å². The molecular weight excluding hydrogens is 170 g/mol. The van der Waals surface area contributed by atoms with Crippen molar-refractivity contribution in [3.8, 4) is 0 Å². The Morgan fingerprint density at radius 1 is 0.667 bits per heavy atom. The summed E-state index contributed by atoms with van der Waals surface area (Å²) >= 11 is -1.99. The zero-order chi connectivity index (χ0) is 7.71. The SMILES string of the molecule is FC(F)(F)SC(F)(F)F. The highest BCUT2D eigenvalue weighted by atomic mass is 32.2. The van der Waals surface area contributed by atoms with E-state index >= 15 is 0 Å². The number of rotatable bonds is 0. The number of alkyl halides is 6. The van der Waals surface area contributed by atoms with Crippen molar-refractivity contribution in [2.75, 3.05) is 0 Å². The molecule has 0 rings (SSSR count). The molecule has 0 aromatic rings. The van der Waals surface area contributed by atoms with Crippen LogP contribution in [0.2, 0.25) is 0 Å². The summed E-state index contributed by atoms with van der Waals surface area (Å²) in [4.78, 5) is 0. The minimum absolute atomic E-state index is 1.99. The number of hydrogen-bond acceptors (Lipinski definition) is 1. The molecule has 0 amide bonds. The molecule has 0 aliphatic rings. The highest BCUT2D eigenvalue weighted by Gasteiger charge is 2.45. The largest absolute Gasteiger partial charge is 0.450 e. The van der Waals surface area contributed by atoms with Crippen LogP contribution in [-0.2, 0) is 0 Å². The van der Waals surface area contributed by atoms with Crippen molar-refractivity contribution in [3.63, 3.8) is 0 Å². The molecule has 0 N–H and O–H groups in total. The monoisotopic (exact) mass is 170 g/mol. The zero-order valence-electron chi connectivity index (χ0n) is 3.68. The predicted octanol–water partition coefficient (Wildman–Crippen LogP) is 2.76. The molecule has 0 fully saturated rings. The summed E-state index contributed by atoms with van der Waals surface area (Å²) in [6.45, 7) is 0. The van der Waals surface area contributed by atoms with Crippen LogP contribution in [0.3, 0.4) is 0 Å². The van der Waals surface area contributed by atoms with Gasteiger partial charge in [-0.25, -0.2) is 0 Å². The summed E-state index contributed by atoms with van der Waals surface area (Å²) in [5.74, 6) is 0. The van der Waals surface area contributed by atoms with Crippen LogP contribution in [0.1, 0.15) is 0 Å². The van der Waals surface area contributed by atoms with Gasteiger partial charge in [-0.2, -0.15) is 26.3 Å². The van der Waals surface area contributed by atoms with Crippen molar-refractivity contribution in [1.29, 1.82) is 0 Å². The zero-order valence-corrected chi connectivity index (χ0v) is 4.49. The van der Waals surface area contributed by atoms with E-state index in [-0.39, 0.29) is 0 Å². The Morgan fingerprint density at radius 3 is 0.889 bits per heavy atom. The molecule has 9 heavy (non-hydrogen) atoms. The van der Waals surface area contributed by atoms with E-state index in [4.69, 9.17) is 0 Å². The lowest BCUT2D eigenvalue weighted by atomic mass is 11.5. The van der Waals surface area contributed by atoms with Gasteiger partial charge in [0, 0.05) is 0 Å². The topological polar surface area (TPSA) is 0 Å². The van der Waals surface area contributed by atoms with E-state index in [1.807, 2.05) is 0 Å². The van der Waals surface area contributed by atoms with Gasteiger partial charge in [0.25, 0.3) is 0 Å². The summed E-state index contributed by atoms with van der Waals surface area (Å²) in [6, 6.07) is 0. The summed E-state index contributed by atoms with van der Waals surface area (Å²) in [5, 5.41) is 0. The quantitative estimate of drug-likeness (QED) is 0.503. The standard InChI is InChI=1S/C2F6S/c3-1(4,5)9-2(6,7)8. The average molecular weight is 170 g/mol. The van der Waals surface area contributed by atoms with Gasteiger partial charge in [-0.05, 0) is 0 Å². The maximum Gasteiger partial charge on any atom is 0.450 e. The Morgan fingerprint density at radius 2 is 0.889 bits per heavy atom. The van der Waals surface area contributed by atoms with Gasteiger partial charge < -0.3 is 0 Å². The Hall–Kier alpha value is -0.0700. The second-order valence-corrected chi connectivity index (χ2v) is 2.12. The Balaban J connectivity index is 3.75. The van der Waals surface area contributed by atoms with Crippen LogP contribution in [0.25, 0.3) is 0 Å². The molecule has 0 radical (unpaired) electrons. The smallest absolute Gasteiger partial charge is 0.160 e. The molecule has 0 atom stereocenters.